The summed E-state index contributed by atoms with van der Waals surface area (Å²) in [7, 11) is 0. The normalized spacial score (nSPS) is 9.61. The molecule has 0 aliphatic rings. The van der Waals surface area contributed by atoms with E-state index in [0.29, 0.717) is 5.56 Å². The monoisotopic (exact) mass is 317 g/mol. The van der Waals surface area contributed by atoms with Gasteiger partial charge in [0.25, 0.3) is 0 Å². The number of rotatable bonds is 3. The van der Waals surface area contributed by atoms with E-state index in [4.69, 9.17) is 0 Å². The Hall–Kier alpha value is -1.85. The van der Waals surface area contributed by atoms with E-state index in [1.165, 1.54) is 0 Å². The van der Waals surface area contributed by atoms with Gasteiger partial charge in [0.05, 0.1) is 11.3 Å². The minimum absolute atomic E-state index is 0. The van der Waals surface area contributed by atoms with Crippen LogP contribution in [0.1, 0.15) is 16.1 Å². The second-order valence-electron chi connectivity index (χ2n) is 4.87. The Bertz CT molecular complexity index is 783. The quantitative estimate of drug-likeness (QED) is 0.732. The van der Waals surface area contributed by atoms with E-state index < -0.39 is 5.97 Å². The van der Waals surface area contributed by atoms with E-state index in [1.807, 2.05) is 72.2 Å². The topological polar surface area (TPSA) is 72.2 Å². The van der Waals surface area contributed by atoms with Gasteiger partial charge in [0, 0.05) is 11.4 Å². The summed E-state index contributed by atoms with van der Waals surface area (Å²) < 4.78 is 1.98. The number of carboxylic acid groups (broad SMARTS) is 1. The molecule has 1 aromatic heterocycles. The van der Waals surface area contributed by atoms with Crippen molar-refractivity contribution >= 4 is 5.97 Å². The van der Waals surface area contributed by atoms with Gasteiger partial charge in [-0.2, -0.15) is 0 Å². The van der Waals surface area contributed by atoms with Crippen molar-refractivity contribution in [3.63, 3.8) is 0 Å². The summed E-state index contributed by atoms with van der Waals surface area (Å²) in [4.78, 5) is 11.4. The predicted molar refractivity (Wildman–Crippen MR) is 84.8 cm³/mol. The number of carbonyl (C=O) groups is 1. The molecule has 4 nitrogen and oxygen atoms in total. The van der Waals surface area contributed by atoms with Crippen LogP contribution < -0.4 is 29.6 Å². The molecule has 0 unspecified atom stereocenters. The molecule has 5 heteroatoms. The number of hydrogen-bond donors (Lipinski definition) is 1. The summed E-state index contributed by atoms with van der Waals surface area (Å²) in [5, 5.41) is 9.38. The van der Waals surface area contributed by atoms with Crippen molar-refractivity contribution < 1.29 is 44.9 Å². The van der Waals surface area contributed by atoms with Crippen molar-refractivity contribution in [1.29, 1.82) is 0 Å². The summed E-state index contributed by atoms with van der Waals surface area (Å²) >= 11 is 0. The van der Waals surface area contributed by atoms with Gasteiger partial charge >= 0.3 is 35.5 Å². The smallest absolute Gasteiger partial charge is 0.870 e. The van der Waals surface area contributed by atoms with Gasteiger partial charge in [0.15, 0.2) is 0 Å². The Morgan fingerprint density at radius 3 is 2.00 bits per heavy atom. The summed E-state index contributed by atoms with van der Waals surface area (Å²) in [5.74, 6) is -0.903. The summed E-state index contributed by atoms with van der Waals surface area (Å²) in [6.07, 6.45) is 0. The molecular weight excluding hydrogens is 301 g/mol. The fraction of sp³-hybridized carbons (Fsp3) is 0.0556. The molecule has 0 radical (unpaired) electrons. The third-order valence-electron chi connectivity index (χ3n) is 3.56. The van der Waals surface area contributed by atoms with Gasteiger partial charge in [-0.25, -0.2) is 4.79 Å². The molecule has 0 saturated carbocycles. The average Bonchev–Trinajstić information content (AvgIpc) is 2.87. The van der Waals surface area contributed by atoms with Gasteiger partial charge in [-0.3, -0.25) is 0 Å². The van der Waals surface area contributed by atoms with Crippen molar-refractivity contribution in [2.24, 2.45) is 0 Å². The van der Waals surface area contributed by atoms with Crippen LogP contribution >= 0.6 is 0 Å². The van der Waals surface area contributed by atoms with Crippen LogP contribution in [-0.2, 0) is 0 Å². The number of nitrogens with zero attached hydrogens (tertiary/aromatic N) is 1. The zero-order chi connectivity index (χ0) is 14.8. The second-order valence-corrected chi connectivity index (χ2v) is 4.87. The molecule has 3 aromatic rings. The molecule has 23 heavy (non-hydrogen) atoms. The third-order valence-corrected chi connectivity index (χ3v) is 3.56. The number of benzene rings is 2. The molecule has 0 fully saturated rings. The summed E-state index contributed by atoms with van der Waals surface area (Å²) in [6.45, 7) is 1.84. The van der Waals surface area contributed by atoms with Crippen LogP contribution in [0, 0.1) is 6.92 Å². The molecule has 0 spiro atoms. The first-order valence-electron chi connectivity index (χ1n) is 6.75. The largest absolute Gasteiger partial charge is 1.00 e. The average molecular weight is 317 g/mol. The third kappa shape index (κ3) is 3.74. The maximum Gasteiger partial charge on any atom is 1.00 e. The molecule has 0 aliphatic heterocycles. The van der Waals surface area contributed by atoms with Crippen LogP contribution in [0.5, 0.6) is 0 Å². The Morgan fingerprint density at radius 1 is 0.957 bits per heavy atom. The minimum Gasteiger partial charge on any atom is -0.870 e. The SMILES string of the molecule is Cc1c(C(=O)O)cc(-c2ccccc2)n1-c1ccccc1.[Na+].[OH-]. The zero-order valence-electron chi connectivity index (χ0n) is 13.1. The van der Waals surface area contributed by atoms with Gasteiger partial charge in [-0.1, -0.05) is 48.5 Å². The molecule has 0 aliphatic carbocycles. The Morgan fingerprint density at radius 2 is 1.48 bits per heavy atom. The maximum absolute atomic E-state index is 11.4. The number of carboxylic acids is 1. The molecule has 112 valence electrons. The van der Waals surface area contributed by atoms with Crippen LogP contribution in [0.15, 0.2) is 66.7 Å². The Balaban J connectivity index is 0.00000132. The van der Waals surface area contributed by atoms with E-state index in [2.05, 4.69) is 0 Å². The summed E-state index contributed by atoms with van der Waals surface area (Å²) in [6, 6.07) is 21.4. The Kier molecular flexibility index (Phi) is 6.79. The van der Waals surface area contributed by atoms with Crippen molar-refractivity contribution in [1.82, 2.24) is 4.57 Å². The van der Waals surface area contributed by atoms with Crippen LogP contribution in [0.4, 0.5) is 0 Å². The first-order valence-corrected chi connectivity index (χ1v) is 6.75. The van der Waals surface area contributed by atoms with Crippen LogP contribution in [-0.4, -0.2) is 21.1 Å². The van der Waals surface area contributed by atoms with E-state index >= 15 is 0 Å². The number of para-hydroxylation sites is 1. The first kappa shape index (κ1) is 19.2. The molecule has 1 heterocycles. The molecule has 2 N–H and O–H groups in total. The molecule has 3 rings (SSSR count). The van der Waals surface area contributed by atoms with Gasteiger partial charge in [0.2, 0.25) is 0 Å². The Labute approximate surface area is 157 Å². The van der Waals surface area contributed by atoms with Gasteiger partial charge in [-0.05, 0) is 30.7 Å². The first-order chi connectivity index (χ1) is 10.2. The standard InChI is InChI=1S/C18H15NO2.Na.H2O/c1-13-16(18(20)21)12-17(14-8-4-2-5-9-14)19(13)15-10-6-3-7-11-15;;/h2-12H,1H3,(H,20,21);;1H2/q;+1;/p-1. The van der Waals surface area contributed by atoms with Crippen LogP contribution in [0.25, 0.3) is 16.9 Å². The van der Waals surface area contributed by atoms with Gasteiger partial charge in [0.1, 0.15) is 0 Å². The van der Waals surface area contributed by atoms with Crippen molar-refractivity contribution in [3.8, 4) is 16.9 Å². The predicted octanol–water partition coefficient (Wildman–Crippen LogP) is 0.978. The van der Waals surface area contributed by atoms with Crippen molar-refractivity contribution in [2.75, 3.05) is 0 Å². The number of aromatic nitrogens is 1. The second kappa shape index (κ2) is 8.13. The molecule has 0 bridgehead atoms. The molecule has 0 amide bonds. The fourth-order valence-corrected chi connectivity index (χ4v) is 2.55. The maximum atomic E-state index is 11.4. The zero-order valence-corrected chi connectivity index (χ0v) is 15.1. The van der Waals surface area contributed by atoms with Crippen molar-refractivity contribution in [2.45, 2.75) is 6.92 Å². The van der Waals surface area contributed by atoms with E-state index in [0.717, 1.165) is 22.6 Å². The minimum atomic E-state index is -0.903. The van der Waals surface area contributed by atoms with E-state index in [-0.39, 0.29) is 35.0 Å². The van der Waals surface area contributed by atoms with Gasteiger partial charge < -0.3 is 15.1 Å². The molecule has 0 atom stereocenters. The van der Waals surface area contributed by atoms with E-state index in [9.17, 15) is 9.90 Å². The fourth-order valence-electron chi connectivity index (χ4n) is 2.55. The number of hydrogen-bond acceptors (Lipinski definition) is 2. The van der Waals surface area contributed by atoms with Gasteiger partial charge in [-0.15, -0.1) is 0 Å². The number of aromatic carboxylic acids is 1. The van der Waals surface area contributed by atoms with Crippen LogP contribution in [0.2, 0.25) is 0 Å². The molecular formula is C18H16NNaO3. The molecule has 2 aromatic carbocycles. The van der Waals surface area contributed by atoms with E-state index in [1.54, 1.807) is 6.07 Å². The van der Waals surface area contributed by atoms with Crippen molar-refractivity contribution in [3.05, 3.63) is 78.0 Å². The van der Waals surface area contributed by atoms with Crippen LogP contribution in [0.3, 0.4) is 0 Å². The molecule has 0 saturated heterocycles. The summed E-state index contributed by atoms with van der Waals surface area (Å²) in [5.41, 5.74) is 3.90.